The van der Waals surface area contributed by atoms with Gasteiger partial charge in [-0.1, -0.05) is 37.6 Å². The zero-order valence-electron chi connectivity index (χ0n) is 20.4. The smallest absolute Gasteiger partial charge is 0.353 e. The Morgan fingerprint density at radius 3 is 2.49 bits per heavy atom. The van der Waals surface area contributed by atoms with Gasteiger partial charge in [0.25, 0.3) is 0 Å². The lowest BCUT2D eigenvalue weighted by Crippen LogP contribution is -2.32. The predicted octanol–water partition coefficient (Wildman–Crippen LogP) is 3.31. The minimum atomic E-state index is -0.641. The molecule has 2 N–H and O–H groups in total. The zero-order chi connectivity index (χ0) is 25.2. The molecule has 11 nitrogen and oxygen atoms in total. The van der Waals surface area contributed by atoms with Gasteiger partial charge in [0.2, 0.25) is 11.6 Å². The summed E-state index contributed by atoms with van der Waals surface area (Å²) in [5.74, 6) is -0.928. The molecule has 1 saturated heterocycles. The summed E-state index contributed by atoms with van der Waals surface area (Å²) in [6.45, 7) is 7.31. The number of benzene rings is 1. The van der Waals surface area contributed by atoms with Crippen LogP contribution in [0.2, 0.25) is 0 Å². The van der Waals surface area contributed by atoms with E-state index in [0.717, 1.165) is 38.0 Å². The first-order valence-electron chi connectivity index (χ1n) is 12.1. The van der Waals surface area contributed by atoms with Crippen LogP contribution in [-0.4, -0.2) is 58.6 Å². The molecule has 190 valence electrons. The van der Waals surface area contributed by atoms with Crippen LogP contribution in [0, 0.1) is 10.1 Å². The van der Waals surface area contributed by atoms with Crippen LogP contribution in [0.15, 0.2) is 24.3 Å². The number of carbonyl (C=O) groups excluding carboxylic acids is 1. The molecule has 0 saturated carbocycles. The van der Waals surface area contributed by atoms with E-state index in [1.165, 1.54) is 23.3 Å². The third-order valence-corrected chi connectivity index (χ3v) is 5.71. The molecule has 1 aliphatic rings. The van der Waals surface area contributed by atoms with Gasteiger partial charge < -0.3 is 20.1 Å². The quantitative estimate of drug-likeness (QED) is 0.194. The highest BCUT2D eigenvalue weighted by atomic mass is 16.6. The topological polar surface area (TPSA) is 137 Å². The number of nitrogens with zero attached hydrogens (tertiary/aromatic N) is 5. The summed E-state index contributed by atoms with van der Waals surface area (Å²) in [5, 5.41) is 11.8. The minimum Gasteiger partial charge on any atom is -0.465 e. The molecule has 2 heterocycles. The van der Waals surface area contributed by atoms with Gasteiger partial charge in [-0.2, -0.15) is 9.97 Å². The summed E-state index contributed by atoms with van der Waals surface area (Å²) in [5.41, 5.74) is 7.51. The van der Waals surface area contributed by atoms with Gasteiger partial charge >= 0.3 is 17.7 Å². The van der Waals surface area contributed by atoms with Crippen molar-refractivity contribution in [2.75, 3.05) is 43.5 Å². The SMILES string of the molecule is CCCCOc1nc(N)c([N+](=O)[O-])c(N(CC(=O)OCC)Cc2ccc(CN3CCCC3)cc2)n1. The van der Waals surface area contributed by atoms with Crippen LogP contribution in [0.1, 0.15) is 50.7 Å². The first-order valence-corrected chi connectivity index (χ1v) is 12.1. The summed E-state index contributed by atoms with van der Waals surface area (Å²) < 4.78 is 10.7. The van der Waals surface area contributed by atoms with Gasteiger partial charge in [0.15, 0.2) is 0 Å². The second kappa shape index (κ2) is 12.8. The molecule has 11 heteroatoms. The summed E-state index contributed by atoms with van der Waals surface area (Å²) in [6.07, 6.45) is 4.13. The van der Waals surface area contributed by atoms with Gasteiger partial charge in [-0.3, -0.25) is 19.8 Å². The van der Waals surface area contributed by atoms with E-state index in [1.54, 1.807) is 6.92 Å². The lowest BCUT2D eigenvalue weighted by atomic mass is 10.1. The van der Waals surface area contributed by atoms with Crippen molar-refractivity contribution in [3.8, 4) is 6.01 Å². The van der Waals surface area contributed by atoms with Gasteiger partial charge in [-0.25, -0.2) is 0 Å². The highest BCUT2D eigenvalue weighted by Gasteiger charge is 2.29. The van der Waals surface area contributed by atoms with E-state index in [2.05, 4.69) is 14.9 Å². The highest BCUT2D eigenvalue weighted by molar-refractivity contribution is 5.78. The van der Waals surface area contributed by atoms with Crippen LogP contribution in [0.3, 0.4) is 0 Å². The Kier molecular flexibility index (Phi) is 9.59. The Balaban J connectivity index is 1.89. The molecule has 0 aliphatic carbocycles. The van der Waals surface area contributed by atoms with Crippen molar-refractivity contribution in [3.63, 3.8) is 0 Å². The average molecular weight is 487 g/mol. The first kappa shape index (κ1) is 26.1. The zero-order valence-corrected chi connectivity index (χ0v) is 20.4. The molecule has 0 amide bonds. The number of hydrogen-bond donors (Lipinski definition) is 1. The molecule has 35 heavy (non-hydrogen) atoms. The Morgan fingerprint density at radius 2 is 1.86 bits per heavy atom. The molecular formula is C24H34N6O5. The number of nitrogen functional groups attached to an aromatic ring is 1. The number of anilines is 2. The lowest BCUT2D eigenvalue weighted by molar-refractivity contribution is -0.383. The Bertz CT molecular complexity index is 995. The van der Waals surface area contributed by atoms with Crippen LogP contribution >= 0.6 is 0 Å². The number of nitro groups is 1. The number of esters is 1. The number of rotatable bonds is 13. The number of likely N-dealkylation sites (tertiary alicyclic amines) is 1. The van der Waals surface area contributed by atoms with Gasteiger partial charge in [0, 0.05) is 13.1 Å². The molecule has 0 atom stereocenters. The van der Waals surface area contributed by atoms with Gasteiger partial charge in [-0.05, 0) is 50.4 Å². The number of hydrogen-bond acceptors (Lipinski definition) is 10. The maximum atomic E-state index is 12.4. The summed E-state index contributed by atoms with van der Waals surface area (Å²) in [6, 6.07) is 7.93. The number of aromatic nitrogens is 2. The van der Waals surface area contributed by atoms with Gasteiger partial charge in [0.05, 0.1) is 18.1 Å². The van der Waals surface area contributed by atoms with Crippen LogP contribution in [0.5, 0.6) is 6.01 Å². The summed E-state index contributed by atoms with van der Waals surface area (Å²) >= 11 is 0. The molecule has 1 fully saturated rings. The lowest BCUT2D eigenvalue weighted by Gasteiger charge is -2.23. The highest BCUT2D eigenvalue weighted by Crippen LogP contribution is 2.33. The van der Waals surface area contributed by atoms with Crippen LogP contribution in [-0.2, 0) is 22.6 Å². The molecule has 2 aromatic rings. The molecule has 1 aliphatic heterocycles. The standard InChI is InChI=1S/C24H34N6O5/c1-3-5-14-35-24-26-22(25)21(30(32)33)23(27-24)29(17-20(31)34-4-2)16-19-10-8-18(9-11-19)15-28-12-6-7-13-28/h8-11H,3-7,12-17H2,1-2H3,(H2,25,26,27). The van der Waals surface area contributed by atoms with Crippen molar-refractivity contribution in [1.29, 1.82) is 0 Å². The molecule has 3 rings (SSSR count). The number of ether oxygens (including phenoxy) is 2. The van der Waals surface area contributed by atoms with Crippen LogP contribution in [0.4, 0.5) is 17.3 Å². The average Bonchev–Trinajstić information content (AvgIpc) is 3.32. The Hall–Kier alpha value is -3.47. The van der Waals surface area contributed by atoms with E-state index >= 15 is 0 Å². The number of carbonyl (C=O) groups is 1. The maximum absolute atomic E-state index is 12.4. The van der Waals surface area contributed by atoms with Crippen molar-refractivity contribution in [2.45, 2.75) is 52.6 Å². The van der Waals surface area contributed by atoms with E-state index in [1.807, 2.05) is 31.2 Å². The Morgan fingerprint density at radius 1 is 1.17 bits per heavy atom. The minimum absolute atomic E-state index is 0.0635. The van der Waals surface area contributed by atoms with E-state index in [9.17, 15) is 14.9 Å². The largest absolute Gasteiger partial charge is 0.465 e. The second-order valence-electron chi connectivity index (χ2n) is 8.48. The van der Waals surface area contributed by atoms with Gasteiger partial charge in [0.1, 0.15) is 6.54 Å². The van der Waals surface area contributed by atoms with Crippen LogP contribution in [0.25, 0.3) is 0 Å². The van der Waals surface area contributed by atoms with E-state index < -0.39 is 16.6 Å². The maximum Gasteiger partial charge on any atom is 0.353 e. The summed E-state index contributed by atoms with van der Waals surface area (Å²) in [7, 11) is 0. The van der Waals surface area contributed by atoms with Crippen molar-refractivity contribution >= 4 is 23.3 Å². The fraction of sp³-hybridized carbons (Fsp3) is 0.542. The first-order chi connectivity index (χ1) is 16.9. The summed E-state index contributed by atoms with van der Waals surface area (Å²) in [4.78, 5) is 35.7. The molecule has 0 unspecified atom stereocenters. The van der Waals surface area contributed by atoms with Crippen molar-refractivity contribution in [1.82, 2.24) is 14.9 Å². The third-order valence-electron chi connectivity index (χ3n) is 5.71. The predicted molar refractivity (Wildman–Crippen MR) is 132 cm³/mol. The van der Waals surface area contributed by atoms with Crippen LogP contribution < -0.4 is 15.4 Å². The monoisotopic (exact) mass is 486 g/mol. The molecule has 1 aromatic carbocycles. The van der Waals surface area contributed by atoms with Gasteiger partial charge in [-0.15, -0.1) is 0 Å². The fourth-order valence-electron chi connectivity index (χ4n) is 3.94. The van der Waals surface area contributed by atoms with Crippen molar-refractivity contribution < 1.29 is 19.2 Å². The number of unbranched alkanes of at least 4 members (excludes halogenated alkanes) is 1. The Labute approximate surface area is 205 Å². The van der Waals surface area contributed by atoms with E-state index in [0.29, 0.717) is 6.61 Å². The molecule has 1 aromatic heterocycles. The normalized spacial score (nSPS) is 13.5. The molecule has 0 bridgehead atoms. The fourth-order valence-corrected chi connectivity index (χ4v) is 3.94. The van der Waals surface area contributed by atoms with E-state index in [4.69, 9.17) is 15.2 Å². The molecule has 0 spiro atoms. The third kappa shape index (κ3) is 7.51. The molecule has 0 radical (unpaired) electrons. The molecular weight excluding hydrogens is 452 g/mol. The number of nitrogens with two attached hydrogens (primary N) is 1. The van der Waals surface area contributed by atoms with Crippen molar-refractivity contribution in [3.05, 3.63) is 45.5 Å². The van der Waals surface area contributed by atoms with Crippen molar-refractivity contribution in [2.24, 2.45) is 0 Å². The van der Waals surface area contributed by atoms with E-state index in [-0.39, 0.29) is 37.3 Å². The second-order valence-corrected chi connectivity index (χ2v) is 8.48.